The maximum Gasteiger partial charge on any atom is 0.232 e. The average molecular weight is 377 g/mol. The number of benzene rings is 2. The Bertz CT molecular complexity index is 836. The van der Waals surface area contributed by atoms with Gasteiger partial charge in [-0.1, -0.05) is 18.2 Å². The van der Waals surface area contributed by atoms with Gasteiger partial charge in [-0.2, -0.15) is 0 Å². The van der Waals surface area contributed by atoms with Gasteiger partial charge in [-0.3, -0.25) is 9.69 Å². The van der Waals surface area contributed by atoms with Gasteiger partial charge in [-0.05, 0) is 73.8 Å². The van der Waals surface area contributed by atoms with Gasteiger partial charge in [0.2, 0.25) is 5.91 Å². The topological polar surface area (TPSA) is 60.8 Å². The summed E-state index contributed by atoms with van der Waals surface area (Å²) in [5, 5.41) is 20.0. The second-order valence-corrected chi connectivity index (χ2v) is 9.37. The van der Waals surface area contributed by atoms with Gasteiger partial charge in [-0.15, -0.1) is 0 Å². The molecule has 2 N–H and O–H groups in total. The van der Waals surface area contributed by atoms with Gasteiger partial charge in [0, 0.05) is 30.3 Å². The van der Waals surface area contributed by atoms with Crippen molar-refractivity contribution in [3.63, 3.8) is 0 Å². The van der Waals surface area contributed by atoms with E-state index in [1.807, 2.05) is 30.3 Å². The van der Waals surface area contributed by atoms with Crippen LogP contribution in [0, 0.1) is 23.2 Å². The Hall–Kier alpha value is -2.49. The molecule has 2 aromatic carbocycles. The molecule has 4 aliphatic rings. The highest BCUT2D eigenvalue weighted by Crippen LogP contribution is 2.61. The largest absolute Gasteiger partial charge is 0.508 e. The normalized spacial score (nSPS) is 30.4. The highest BCUT2D eigenvalue weighted by Gasteiger charge is 2.51. The van der Waals surface area contributed by atoms with E-state index in [4.69, 9.17) is 0 Å². The van der Waals surface area contributed by atoms with Gasteiger partial charge in [0.05, 0.1) is 5.69 Å². The molecular formula is C24H27NO3. The van der Waals surface area contributed by atoms with E-state index in [0.717, 1.165) is 23.4 Å². The lowest BCUT2D eigenvalue weighted by atomic mass is 9.49. The molecule has 4 bridgehead atoms. The number of aromatic hydroxyl groups is 2. The lowest BCUT2D eigenvalue weighted by molar-refractivity contribution is -0.126. The van der Waals surface area contributed by atoms with Crippen LogP contribution in [-0.4, -0.2) is 16.1 Å². The minimum Gasteiger partial charge on any atom is -0.508 e. The van der Waals surface area contributed by atoms with E-state index >= 15 is 0 Å². The molecule has 4 heteroatoms. The molecule has 0 spiro atoms. The summed E-state index contributed by atoms with van der Waals surface area (Å²) < 4.78 is 0. The number of amides is 1. The number of phenols is 2. The SMILES string of the molecule is O=C(CC12CC3CC(CC(C3)C1)C2)N(c1ccccc1)c1cc(O)cc(O)c1. The molecule has 2 aromatic rings. The first-order valence-corrected chi connectivity index (χ1v) is 10.4. The number of phenolic OH excluding ortho intramolecular Hbond substituents is 2. The van der Waals surface area contributed by atoms with Crippen molar-refractivity contribution >= 4 is 17.3 Å². The van der Waals surface area contributed by atoms with Crippen molar-refractivity contribution in [1.29, 1.82) is 0 Å². The zero-order valence-corrected chi connectivity index (χ0v) is 16.1. The number of para-hydroxylation sites is 1. The maximum atomic E-state index is 13.6. The minimum absolute atomic E-state index is 0.0430. The Morgan fingerprint density at radius 2 is 1.39 bits per heavy atom. The molecule has 0 aromatic heterocycles. The van der Waals surface area contributed by atoms with Gasteiger partial charge in [0.1, 0.15) is 11.5 Å². The summed E-state index contributed by atoms with van der Waals surface area (Å²) >= 11 is 0. The van der Waals surface area contributed by atoms with Crippen LogP contribution in [0.15, 0.2) is 48.5 Å². The monoisotopic (exact) mass is 377 g/mol. The third-order valence-electron chi connectivity index (χ3n) is 7.10. The number of carbonyl (C=O) groups excluding carboxylic acids is 1. The minimum atomic E-state index is -0.0430. The zero-order valence-electron chi connectivity index (χ0n) is 16.1. The predicted molar refractivity (Wildman–Crippen MR) is 109 cm³/mol. The Morgan fingerprint density at radius 1 is 0.857 bits per heavy atom. The molecule has 28 heavy (non-hydrogen) atoms. The Balaban J connectivity index is 1.48. The Morgan fingerprint density at radius 3 is 1.93 bits per heavy atom. The van der Waals surface area contributed by atoms with Crippen LogP contribution in [0.4, 0.5) is 11.4 Å². The van der Waals surface area contributed by atoms with Crippen LogP contribution in [0.25, 0.3) is 0 Å². The van der Waals surface area contributed by atoms with Crippen LogP contribution in [0.1, 0.15) is 44.9 Å². The third kappa shape index (κ3) is 3.15. The zero-order chi connectivity index (χ0) is 19.3. The average Bonchev–Trinajstić information content (AvgIpc) is 2.60. The van der Waals surface area contributed by atoms with Crippen LogP contribution < -0.4 is 4.90 Å². The number of hydrogen-bond acceptors (Lipinski definition) is 3. The molecule has 146 valence electrons. The smallest absolute Gasteiger partial charge is 0.232 e. The summed E-state index contributed by atoms with van der Waals surface area (Å²) in [6, 6.07) is 13.9. The lowest BCUT2D eigenvalue weighted by Crippen LogP contribution is -2.48. The molecule has 4 saturated carbocycles. The van der Waals surface area contributed by atoms with Gasteiger partial charge < -0.3 is 10.2 Å². The molecule has 6 rings (SSSR count). The molecule has 0 saturated heterocycles. The van der Waals surface area contributed by atoms with Crippen molar-refractivity contribution in [2.24, 2.45) is 23.2 Å². The summed E-state index contributed by atoms with van der Waals surface area (Å²) in [6.07, 6.45) is 8.15. The Labute approximate surface area is 165 Å². The number of anilines is 2. The second-order valence-electron chi connectivity index (χ2n) is 9.37. The van der Waals surface area contributed by atoms with Crippen LogP contribution in [-0.2, 0) is 4.79 Å². The van der Waals surface area contributed by atoms with Crippen molar-refractivity contribution in [3.05, 3.63) is 48.5 Å². The fourth-order valence-corrected chi connectivity index (χ4v) is 6.63. The van der Waals surface area contributed by atoms with E-state index in [1.54, 1.807) is 17.0 Å². The summed E-state index contributed by atoms with van der Waals surface area (Å²) in [7, 11) is 0. The van der Waals surface area contributed by atoms with Crippen LogP contribution in [0.3, 0.4) is 0 Å². The first kappa shape index (κ1) is 17.6. The standard InChI is InChI=1S/C24H27NO3/c26-21-9-20(10-22(27)11-21)25(19-4-2-1-3-5-19)23(28)15-24-12-16-6-17(13-24)8-18(7-16)14-24/h1-5,9-11,16-18,26-27H,6-8,12-15H2. The number of rotatable bonds is 4. The fourth-order valence-electron chi connectivity index (χ4n) is 6.63. The van der Waals surface area contributed by atoms with Crippen molar-refractivity contribution in [2.45, 2.75) is 44.9 Å². The van der Waals surface area contributed by atoms with E-state index in [2.05, 4.69) is 0 Å². The molecule has 4 fully saturated rings. The maximum absolute atomic E-state index is 13.6. The fraction of sp³-hybridized carbons (Fsp3) is 0.458. The number of hydrogen-bond donors (Lipinski definition) is 2. The molecule has 1 amide bonds. The predicted octanol–water partition coefficient (Wildman–Crippen LogP) is 5.37. The highest BCUT2D eigenvalue weighted by atomic mass is 16.3. The van der Waals surface area contributed by atoms with Crippen LogP contribution in [0.2, 0.25) is 0 Å². The molecular weight excluding hydrogens is 350 g/mol. The summed E-state index contributed by atoms with van der Waals surface area (Å²) in [6.45, 7) is 0. The van der Waals surface area contributed by atoms with Crippen molar-refractivity contribution < 1.29 is 15.0 Å². The summed E-state index contributed by atoms with van der Waals surface area (Å²) in [4.78, 5) is 15.3. The lowest BCUT2D eigenvalue weighted by Gasteiger charge is -2.57. The number of carbonyl (C=O) groups is 1. The van der Waals surface area contributed by atoms with Crippen molar-refractivity contribution in [3.8, 4) is 11.5 Å². The Kier molecular flexibility index (Phi) is 4.11. The van der Waals surface area contributed by atoms with Crippen LogP contribution in [0.5, 0.6) is 11.5 Å². The van der Waals surface area contributed by atoms with E-state index < -0.39 is 0 Å². The summed E-state index contributed by atoms with van der Waals surface area (Å²) in [5.41, 5.74) is 1.42. The quantitative estimate of drug-likeness (QED) is 0.753. The molecule has 0 radical (unpaired) electrons. The first-order chi connectivity index (χ1) is 13.5. The van der Waals surface area contributed by atoms with Crippen LogP contribution >= 0.6 is 0 Å². The van der Waals surface area contributed by atoms with E-state index in [-0.39, 0.29) is 22.8 Å². The van der Waals surface area contributed by atoms with Gasteiger partial charge in [0.15, 0.2) is 0 Å². The third-order valence-corrected chi connectivity index (χ3v) is 7.10. The molecule has 0 atom stereocenters. The molecule has 0 unspecified atom stereocenters. The van der Waals surface area contributed by atoms with Gasteiger partial charge >= 0.3 is 0 Å². The van der Waals surface area contributed by atoms with E-state index in [0.29, 0.717) is 12.1 Å². The molecule has 4 aliphatic carbocycles. The van der Waals surface area contributed by atoms with E-state index in [9.17, 15) is 15.0 Å². The molecule has 4 nitrogen and oxygen atoms in total. The van der Waals surface area contributed by atoms with Gasteiger partial charge in [0.25, 0.3) is 0 Å². The van der Waals surface area contributed by atoms with Gasteiger partial charge in [-0.25, -0.2) is 0 Å². The second kappa shape index (κ2) is 6.54. The van der Waals surface area contributed by atoms with Crippen molar-refractivity contribution in [1.82, 2.24) is 0 Å². The molecule has 0 heterocycles. The highest BCUT2D eigenvalue weighted by molar-refractivity contribution is 6.01. The van der Waals surface area contributed by atoms with Crippen molar-refractivity contribution in [2.75, 3.05) is 4.90 Å². The molecule has 0 aliphatic heterocycles. The summed E-state index contributed by atoms with van der Waals surface area (Å²) in [5.74, 6) is 2.37. The number of nitrogens with zero attached hydrogens (tertiary/aromatic N) is 1. The van der Waals surface area contributed by atoms with E-state index in [1.165, 1.54) is 44.6 Å². The first-order valence-electron chi connectivity index (χ1n) is 10.4.